The summed E-state index contributed by atoms with van der Waals surface area (Å²) in [7, 11) is 1.99. The second-order valence-electron chi connectivity index (χ2n) is 4.04. The van der Waals surface area contributed by atoms with Crippen LogP contribution in [0.15, 0.2) is 18.2 Å². The first-order valence-electron chi connectivity index (χ1n) is 5.93. The molecule has 0 saturated heterocycles. The van der Waals surface area contributed by atoms with E-state index in [4.69, 9.17) is 9.47 Å². The first-order valence-corrected chi connectivity index (χ1v) is 5.93. The van der Waals surface area contributed by atoms with Crippen LogP contribution in [0.5, 0.6) is 11.5 Å². The summed E-state index contributed by atoms with van der Waals surface area (Å²) in [4.78, 5) is 0. The predicted octanol–water partition coefficient (Wildman–Crippen LogP) is 2.00. The van der Waals surface area contributed by atoms with Gasteiger partial charge in [0.1, 0.15) is 13.2 Å². The van der Waals surface area contributed by atoms with Gasteiger partial charge in [-0.1, -0.05) is 6.07 Å². The third-order valence-electron chi connectivity index (χ3n) is 2.75. The number of rotatable bonds is 5. The van der Waals surface area contributed by atoms with E-state index in [1.165, 1.54) is 18.4 Å². The monoisotopic (exact) mass is 221 g/mol. The second kappa shape index (κ2) is 5.75. The molecule has 1 N–H and O–H groups in total. The molecular formula is C13H19NO2. The van der Waals surface area contributed by atoms with Crippen LogP contribution < -0.4 is 14.8 Å². The Morgan fingerprint density at radius 1 is 1.12 bits per heavy atom. The summed E-state index contributed by atoms with van der Waals surface area (Å²) in [5.74, 6) is 1.78. The van der Waals surface area contributed by atoms with E-state index >= 15 is 0 Å². The van der Waals surface area contributed by atoms with Gasteiger partial charge in [-0.05, 0) is 50.6 Å². The van der Waals surface area contributed by atoms with Crippen molar-refractivity contribution in [2.24, 2.45) is 0 Å². The van der Waals surface area contributed by atoms with E-state index in [1.807, 2.05) is 13.1 Å². The van der Waals surface area contributed by atoms with Gasteiger partial charge in [0, 0.05) is 0 Å². The van der Waals surface area contributed by atoms with E-state index in [-0.39, 0.29) is 0 Å². The van der Waals surface area contributed by atoms with Crippen LogP contribution in [0.25, 0.3) is 0 Å². The van der Waals surface area contributed by atoms with E-state index in [0.29, 0.717) is 13.2 Å². The molecule has 2 rings (SSSR count). The second-order valence-corrected chi connectivity index (χ2v) is 4.04. The smallest absolute Gasteiger partial charge is 0.161 e. The van der Waals surface area contributed by atoms with Crippen molar-refractivity contribution in [2.45, 2.75) is 19.3 Å². The van der Waals surface area contributed by atoms with Crippen molar-refractivity contribution < 1.29 is 9.47 Å². The maximum absolute atomic E-state index is 5.55. The average Bonchev–Trinajstić information content (AvgIpc) is 2.34. The van der Waals surface area contributed by atoms with E-state index in [9.17, 15) is 0 Å². The lowest BCUT2D eigenvalue weighted by atomic mass is 10.1. The van der Waals surface area contributed by atoms with E-state index < -0.39 is 0 Å². The molecule has 0 aromatic heterocycles. The Morgan fingerprint density at radius 2 is 1.94 bits per heavy atom. The summed E-state index contributed by atoms with van der Waals surface area (Å²) in [6.07, 6.45) is 3.53. The van der Waals surface area contributed by atoms with Crippen molar-refractivity contribution >= 4 is 0 Å². The maximum Gasteiger partial charge on any atom is 0.161 e. The molecule has 0 saturated carbocycles. The number of hydrogen-bond acceptors (Lipinski definition) is 3. The molecule has 1 aliphatic heterocycles. The number of hydrogen-bond donors (Lipinski definition) is 1. The van der Waals surface area contributed by atoms with Gasteiger partial charge in [-0.2, -0.15) is 0 Å². The molecule has 1 heterocycles. The predicted molar refractivity (Wildman–Crippen MR) is 64.3 cm³/mol. The largest absolute Gasteiger partial charge is 0.486 e. The van der Waals surface area contributed by atoms with E-state index in [0.717, 1.165) is 24.5 Å². The van der Waals surface area contributed by atoms with Crippen LogP contribution in [0.3, 0.4) is 0 Å². The molecule has 88 valence electrons. The summed E-state index contributed by atoms with van der Waals surface area (Å²) < 4.78 is 11.0. The highest BCUT2D eigenvalue weighted by Crippen LogP contribution is 2.31. The van der Waals surface area contributed by atoms with Crippen LogP contribution in [-0.4, -0.2) is 26.8 Å². The van der Waals surface area contributed by atoms with E-state index in [1.54, 1.807) is 0 Å². The summed E-state index contributed by atoms with van der Waals surface area (Å²) in [5, 5.41) is 3.16. The fourth-order valence-corrected chi connectivity index (χ4v) is 1.87. The molecule has 16 heavy (non-hydrogen) atoms. The van der Waals surface area contributed by atoms with Crippen molar-refractivity contribution in [3.8, 4) is 11.5 Å². The number of unbranched alkanes of at least 4 members (excludes halogenated alkanes) is 1. The summed E-state index contributed by atoms with van der Waals surface area (Å²) in [6.45, 7) is 2.41. The van der Waals surface area contributed by atoms with Gasteiger partial charge >= 0.3 is 0 Å². The van der Waals surface area contributed by atoms with Gasteiger partial charge in [0.05, 0.1) is 0 Å². The molecule has 0 atom stereocenters. The minimum atomic E-state index is 0.661. The van der Waals surface area contributed by atoms with Crippen molar-refractivity contribution in [3.63, 3.8) is 0 Å². The maximum atomic E-state index is 5.55. The highest BCUT2D eigenvalue weighted by Gasteiger charge is 2.11. The Kier molecular flexibility index (Phi) is 4.05. The lowest BCUT2D eigenvalue weighted by Crippen LogP contribution is -2.15. The number of fused-ring (bicyclic) bond motifs is 1. The Bertz CT molecular complexity index is 339. The summed E-state index contributed by atoms with van der Waals surface area (Å²) in [6, 6.07) is 6.25. The Balaban J connectivity index is 1.90. The van der Waals surface area contributed by atoms with Gasteiger partial charge in [-0.25, -0.2) is 0 Å². The van der Waals surface area contributed by atoms with Crippen LogP contribution in [0.2, 0.25) is 0 Å². The third-order valence-corrected chi connectivity index (χ3v) is 2.75. The van der Waals surface area contributed by atoms with Crippen LogP contribution in [0, 0.1) is 0 Å². The van der Waals surface area contributed by atoms with E-state index in [2.05, 4.69) is 17.4 Å². The van der Waals surface area contributed by atoms with Gasteiger partial charge in [-0.3, -0.25) is 0 Å². The Morgan fingerprint density at radius 3 is 2.75 bits per heavy atom. The van der Waals surface area contributed by atoms with Crippen molar-refractivity contribution in [3.05, 3.63) is 23.8 Å². The molecule has 0 unspecified atom stereocenters. The highest BCUT2D eigenvalue weighted by molar-refractivity contribution is 5.43. The number of ether oxygens (including phenoxy) is 2. The van der Waals surface area contributed by atoms with Crippen LogP contribution >= 0.6 is 0 Å². The standard InChI is InChI=1S/C13H19NO2/c1-14-7-3-2-4-11-5-6-12-13(10-11)16-9-8-15-12/h5-6,10,14H,2-4,7-9H2,1H3. The van der Waals surface area contributed by atoms with Crippen LogP contribution in [0.4, 0.5) is 0 Å². The molecule has 3 nitrogen and oxygen atoms in total. The molecule has 0 radical (unpaired) electrons. The molecule has 1 aromatic rings. The number of benzene rings is 1. The zero-order valence-electron chi connectivity index (χ0n) is 9.79. The topological polar surface area (TPSA) is 30.5 Å². The first-order chi connectivity index (χ1) is 7.90. The summed E-state index contributed by atoms with van der Waals surface area (Å²) >= 11 is 0. The lowest BCUT2D eigenvalue weighted by molar-refractivity contribution is 0.171. The van der Waals surface area contributed by atoms with Gasteiger partial charge in [0.15, 0.2) is 11.5 Å². The molecule has 3 heteroatoms. The fraction of sp³-hybridized carbons (Fsp3) is 0.538. The molecule has 0 fully saturated rings. The highest BCUT2D eigenvalue weighted by atomic mass is 16.6. The van der Waals surface area contributed by atoms with Gasteiger partial charge in [0.25, 0.3) is 0 Å². The van der Waals surface area contributed by atoms with Crippen LogP contribution in [-0.2, 0) is 6.42 Å². The quantitative estimate of drug-likeness (QED) is 0.771. The molecule has 1 aliphatic rings. The molecular weight excluding hydrogens is 202 g/mol. The third kappa shape index (κ3) is 2.89. The Hall–Kier alpha value is -1.22. The van der Waals surface area contributed by atoms with Gasteiger partial charge < -0.3 is 14.8 Å². The first kappa shape index (κ1) is 11.3. The zero-order valence-corrected chi connectivity index (χ0v) is 9.79. The molecule has 0 bridgehead atoms. The normalized spacial score (nSPS) is 13.8. The van der Waals surface area contributed by atoms with Crippen molar-refractivity contribution in [1.29, 1.82) is 0 Å². The lowest BCUT2D eigenvalue weighted by Gasteiger charge is -2.18. The SMILES string of the molecule is CNCCCCc1ccc2c(c1)OCCO2. The fourth-order valence-electron chi connectivity index (χ4n) is 1.87. The summed E-state index contributed by atoms with van der Waals surface area (Å²) in [5.41, 5.74) is 1.33. The van der Waals surface area contributed by atoms with Crippen molar-refractivity contribution in [1.82, 2.24) is 5.32 Å². The van der Waals surface area contributed by atoms with Crippen LogP contribution in [0.1, 0.15) is 18.4 Å². The molecule has 0 spiro atoms. The molecule has 0 amide bonds. The molecule has 0 aliphatic carbocycles. The minimum Gasteiger partial charge on any atom is -0.486 e. The number of aryl methyl sites for hydroxylation is 1. The average molecular weight is 221 g/mol. The zero-order chi connectivity index (χ0) is 11.2. The minimum absolute atomic E-state index is 0.661. The van der Waals surface area contributed by atoms with Crippen molar-refractivity contribution in [2.75, 3.05) is 26.8 Å². The van der Waals surface area contributed by atoms with Gasteiger partial charge in [-0.15, -0.1) is 0 Å². The number of nitrogens with one attached hydrogen (secondary N) is 1. The van der Waals surface area contributed by atoms with Gasteiger partial charge in [0.2, 0.25) is 0 Å². The Labute approximate surface area is 96.8 Å². The molecule has 1 aromatic carbocycles.